The second kappa shape index (κ2) is 5.00. The van der Waals surface area contributed by atoms with Crippen molar-refractivity contribution < 1.29 is 14.0 Å². The maximum atomic E-state index is 5.23. The van der Waals surface area contributed by atoms with Crippen LogP contribution < -0.4 is 9.47 Å². The van der Waals surface area contributed by atoms with Crippen molar-refractivity contribution in [3.63, 3.8) is 0 Å². The predicted molar refractivity (Wildman–Crippen MR) is 68.2 cm³/mol. The molecule has 3 aromatic rings. The molecule has 0 spiro atoms. The van der Waals surface area contributed by atoms with Gasteiger partial charge in [0.05, 0.1) is 14.2 Å². The first kappa shape index (κ1) is 12.2. The molecule has 2 heterocycles. The molecule has 0 fully saturated rings. The van der Waals surface area contributed by atoms with Gasteiger partial charge in [-0.15, -0.1) is 0 Å². The second-order valence-corrected chi connectivity index (χ2v) is 3.83. The van der Waals surface area contributed by atoms with Crippen LogP contribution in [0.5, 0.6) is 11.5 Å². The van der Waals surface area contributed by atoms with Crippen molar-refractivity contribution in [2.75, 3.05) is 14.2 Å². The monoisotopic (exact) mass is 273 g/mol. The van der Waals surface area contributed by atoms with Crippen LogP contribution in [-0.4, -0.2) is 39.5 Å². The van der Waals surface area contributed by atoms with E-state index in [0.29, 0.717) is 29.0 Å². The average molecular weight is 273 g/mol. The van der Waals surface area contributed by atoms with Gasteiger partial charge in [0.2, 0.25) is 5.82 Å². The van der Waals surface area contributed by atoms with Crippen molar-refractivity contribution in [2.24, 2.45) is 0 Å². The third-order valence-corrected chi connectivity index (χ3v) is 2.68. The number of benzene rings is 1. The summed E-state index contributed by atoms with van der Waals surface area (Å²) in [6.45, 7) is 0. The molecule has 0 radical (unpaired) electrons. The van der Waals surface area contributed by atoms with Gasteiger partial charge in [0, 0.05) is 5.56 Å². The fourth-order valence-corrected chi connectivity index (χ4v) is 1.72. The van der Waals surface area contributed by atoms with Crippen LogP contribution in [-0.2, 0) is 0 Å². The van der Waals surface area contributed by atoms with E-state index in [4.69, 9.17) is 14.0 Å². The highest BCUT2D eigenvalue weighted by Gasteiger charge is 2.14. The molecule has 3 rings (SSSR count). The van der Waals surface area contributed by atoms with E-state index in [9.17, 15) is 0 Å². The Balaban J connectivity index is 1.97. The number of hydrogen-bond donors (Lipinski definition) is 1. The zero-order valence-corrected chi connectivity index (χ0v) is 10.8. The van der Waals surface area contributed by atoms with Gasteiger partial charge < -0.3 is 14.0 Å². The Kier molecular flexibility index (Phi) is 3.04. The number of methoxy groups -OCH3 is 2. The molecule has 0 aliphatic carbocycles. The number of rotatable bonds is 4. The molecule has 0 aliphatic rings. The lowest BCUT2D eigenvalue weighted by molar-refractivity contribution is 0.355. The van der Waals surface area contributed by atoms with Crippen LogP contribution in [0.3, 0.4) is 0 Å². The average Bonchev–Trinajstić information content (AvgIpc) is 3.16. The Bertz CT molecular complexity index is 708. The molecule has 0 unspecified atom stereocenters. The van der Waals surface area contributed by atoms with Crippen molar-refractivity contribution in [3.05, 3.63) is 24.5 Å². The lowest BCUT2D eigenvalue weighted by atomic mass is 10.2. The summed E-state index contributed by atoms with van der Waals surface area (Å²) in [5.74, 6) is 2.36. The highest BCUT2D eigenvalue weighted by atomic mass is 16.5. The molecule has 0 saturated carbocycles. The minimum absolute atomic E-state index is 0.340. The topological polar surface area (TPSA) is 99.0 Å². The Morgan fingerprint density at radius 2 is 2.00 bits per heavy atom. The van der Waals surface area contributed by atoms with E-state index in [-0.39, 0.29) is 0 Å². The van der Waals surface area contributed by atoms with Gasteiger partial charge in [-0.1, -0.05) is 5.16 Å². The predicted octanol–water partition coefficient (Wildman–Crippen LogP) is 1.54. The number of aromatic amines is 1. The maximum absolute atomic E-state index is 5.23. The minimum Gasteiger partial charge on any atom is -0.493 e. The lowest BCUT2D eigenvalue weighted by Crippen LogP contribution is -1.91. The van der Waals surface area contributed by atoms with Gasteiger partial charge in [0.1, 0.15) is 6.33 Å². The lowest BCUT2D eigenvalue weighted by Gasteiger charge is -2.07. The second-order valence-electron chi connectivity index (χ2n) is 3.83. The summed E-state index contributed by atoms with van der Waals surface area (Å²) in [6, 6.07) is 5.34. The maximum Gasteiger partial charge on any atom is 0.258 e. The molecule has 0 bridgehead atoms. The smallest absolute Gasteiger partial charge is 0.258 e. The molecule has 1 aromatic carbocycles. The largest absolute Gasteiger partial charge is 0.493 e. The van der Waals surface area contributed by atoms with Crippen LogP contribution >= 0.6 is 0 Å². The molecular weight excluding hydrogens is 262 g/mol. The molecule has 8 nitrogen and oxygen atoms in total. The number of hydrogen-bond acceptors (Lipinski definition) is 7. The van der Waals surface area contributed by atoms with E-state index in [0.717, 1.165) is 5.56 Å². The van der Waals surface area contributed by atoms with Gasteiger partial charge in [0.15, 0.2) is 17.3 Å². The minimum atomic E-state index is 0.340. The van der Waals surface area contributed by atoms with E-state index in [2.05, 4.69) is 25.3 Å². The van der Waals surface area contributed by atoms with E-state index in [1.54, 1.807) is 32.4 Å². The van der Waals surface area contributed by atoms with Crippen molar-refractivity contribution in [2.45, 2.75) is 0 Å². The first-order valence-electron chi connectivity index (χ1n) is 5.73. The molecule has 0 saturated heterocycles. The quantitative estimate of drug-likeness (QED) is 0.769. The molecule has 1 N–H and O–H groups in total. The summed E-state index contributed by atoms with van der Waals surface area (Å²) in [5.41, 5.74) is 0.723. The highest BCUT2D eigenvalue weighted by molar-refractivity contribution is 5.61. The summed E-state index contributed by atoms with van der Waals surface area (Å²) in [5, 5.41) is 10.2. The standard InChI is InChI=1S/C12H11N5O3/c1-18-8-4-3-7(5-9(8)19-2)12-15-11(17-20-12)10-13-6-14-16-10/h3-6H,1-2H3,(H,13,14,16). The van der Waals surface area contributed by atoms with Crippen LogP contribution in [0.1, 0.15) is 0 Å². The summed E-state index contributed by atoms with van der Waals surface area (Å²) in [4.78, 5) is 8.20. The third-order valence-electron chi connectivity index (χ3n) is 2.68. The molecule has 8 heteroatoms. The van der Waals surface area contributed by atoms with Crippen LogP contribution in [0, 0.1) is 0 Å². The normalized spacial score (nSPS) is 10.5. The molecule has 20 heavy (non-hydrogen) atoms. The van der Waals surface area contributed by atoms with Crippen molar-refractivity contribution in [3.8, 4) is 34.6 Å². The number of aromatic nitrogens is 5. The van der Waals surface area contributed by atoms with Gasteiger partial charge in [-0.2, -0.15) is 10.1 Å². The fourth-order valence-electron chi connectivity index (χ4n) is 1.72. The fraction of sp³-hybridized carbons (Fsp3) is 0.167. The van der Waals surface area contributed by atoms with Crippen molar-refractivity contribution >= 4 is 0 Å². The van der Waals surface area contributed by atoms with Gasteiger partial charge in [0.25, 0.3) is 5.89 Å². The Hall–Kier alpha value is -2.90. The van der Waals surface area contributed by atoms with Gasteiger partial charge in [-0.25, -0.2) is 4.98 Å². The first-order chi connectivity index (χ1) is 9.81. The van der Waals surface area contributed by atoms with Gasteiger partial charge in [-0.3, -0.25) is 5.10 Å². The Labute approximate surface area is 113 Å². The Morgan fingerprint density at radius 1 is 1.15 bits per heavy atom. The summed E-state index contributed by atoms with van der Waals surface area (Å²) in [7, 11) is 3.14. The zero-order chi connectivity index (χ0) is 13.9. The number of H-pyrrole nitrogens is 1. The molecule has 0 atom stereocenters. The highest BCUT2D eigenvalue weighted by Crippen LogP contribution is 2.31. The number of nitrogens with one attached hydrogen (secondary N) is 1. The SMILES string of the molecule is COc1ccc(-c2nc(-c3ncn[nH]3)no2)cc1OC. The molecule has 0 aliphatic heterocycles. The van der Waals surface area contributed by atoms with E-state index >= 15 is 0 Å². The molecule has 0 amide bonds. The summed E-state index contributed by atoms with van der Waals surface area (Å²) >= 11 is 0. The van der Waals surface area contributed by atoms with Crippen LogP contribution in [0.4, 0.5) is 0 Å². The first-order valence-corrected chi connectivity index (χ1v) is 5.73. The van der Waals surface area contributed by atoms with Crippen molar-refractivity contribution in [1.29, 1.82) is 0 Å². The van der Waals surface area contributed by atoms with Gasteiger partial charge in [-0.05, 0) is 18.2 Å². The van der Waals surface area contributed by atoms with Gasteiger partial charge >= 0.3 is 0 Å². The third kappa shape index (κ3) is 2.07. The van der Waals surface area contributed by atoms with E-state index in [1.807, 2.05) is 0 Å². The summed E-state index contributed by atoms with van der Waals surface area (Å²) in [6.07, 6.45) is 1.38. The Morgan fingerprint density at radius 3 is 2.70 bits per heavy atom. The summed E-state index contributed by atoms with van der Waals surface area (Å²) < 4.78 is 15.6. The molecule has 102 valence electrons. The van der Waals surface area contributed by atoms with Crippen LogP contribution in [0.15, 0.2) is 29.0 Å². The zero-order valence-electron chi connectivity index (χ0n) is 10.8. The molecule has 2 aromatic heterocycles. The molecular formula is C12H11N5O3. The van der Waals surface area contributed by atoms with Crippen molar-refractivity contribution in [1.82, 2.24) is 25.3 Å². The van der Waals surface area contributed by atoms with E-state index in [1.165, 1.54) is 6.33 Å². The number of ether oxygens (including phenoxy) is 2. The van der Waals surface area contributed by atoms with Crippen LogP contribution in [0.2, 0.25) is 0 Å². The van der Waals surface area contributed by atoms with Crippen LogP contribution in [0.25, 0.3) is 23.1 Å². The van der Waals surface area contributed by atoms with E-state index < -0.39 is 0 Å². The number of nitrogens with zero attached hydrogens (tertiary/aromatic N) is 4.